The van der Waals surface area contributed by atoms with Crippen LogP contribution in [0.15, 0.2) is 48.8 Å². The highest BCUT2D eigenvalue weighted by atomic mass is 16.5. The molecular formula is C29H42O7. The normalized spacial score (nSPS) is 29.1. The molecule has 4 aliphatic rings. The molecule has 2 saturated carbocycles. The maximum Gasteiger partial charge on any atom is 0.338 e. The molecule has 1 aliphatic heterocycles. The molecule has 4 rings (SSSR count). The minimum Gasteiger partial charge on any atom is -0.478 e. The zero-order valence-corrected chi connectivity index (χ0v) is 22.0. The highest BCUT2D eigenvalue weighted by Crippen LogP contribution is 2.69. The summed E-state index contributed by atoms with van der Waals surface area (Å²) in [6, 6.07) is 0. The van der Waals surface area contributed by atoms with Gasteiger partial charge in [-0.1, -0.05) is 40.5 Å². The van der Waals surface area contributed by atoms with E-state index in [-0.39, 0.29) is 28.8 Å². The van der Waals surface area contributed by atoms with Gasteiger partial charge in [0.2, 0.25) is 0 Å². The van der Waals surface area contributed by atoms with Crippen LogP contribution in [0.1, 0.15) is 78.6 Å². The summed E-state index contributed by atoms with van der Waals surface area (Å²) in [6.45, 7) is 18.1. The van der Waals surface area contributed by atoms with Crippen LogP contribution >= 0.6 is 0 Å². The SMILES string of the molecule is C=C(C(=O)O)C1C[C@H]2CC[C@@]1(C)C2(C)C.C=C(CC1CCCO1)C(=O)OC1=CCCC1.C=CC(=O)O. The first-order valence-electron chi connectivity index (χ1n) is 12.8. The topological polar surface area (TPSA) is 110 Å². The Balaban J connectivity index is 0.000000215. The molecule has 4 atom stereocenters. The number of aliphatic carboxylic acids is 2. The fraction of sp³-hybridized carbons (Fsp3) is 0.621. The number of allylic oxidation sites excluding steroid dienone is 2. The molecule has 2 unspecified atom stereocenters. The highest BCUT2D eigenvalue weighted by Gasteiger charge is 2.62. The molecule has 200 valence electrons. The zero-order chi connectivity index (χ0) is 27.1. The van der Waals surface area contributed by atoms with Crippen LogP contribution in [0.3, 0.4) is 0 Å². The second-order valence-electron chi connectivity index (χ2n) is 10.9. The zero-order valence-electron chi connectivity index (χ0n) is 22.0. The van der Waals surface area contributed by atoms with Crippen molar-refractivity contribution in [2.24, 2.45) is 22.7 Å². The van der Waals surface area contributed by atoms with Gasteiger partial charge in [0.1, 0.15) is 5.76 Å². The molecule has 2 bridgehead atoms. The molecule has 0 spiro atoms. The predicted molar refractivity (Wildman–Crippen MR) is 138 cm³/mol. The van der Waals surface area contributed by atoms with E-state index >= 15 is 0 Å². The van der Waals surface area contributed by atoms with Crippen molar-refractivity contribution in [2.75, 3.05) is 6.61 Å². The van der Waals surface area contributed by atoms with Gasteiger partial charge in [0, 0.05) is 36.7 Å². The van der Waals surface area contributed by atoms with Gasteiger partial charge in [-0.15, -0.1) is 0 Å². The lowest BCUT2D eigenvalue weighted by Crippen LogP contribution is -2.34. The number of ether oxygens (including phenoxy) is 2. The Kier molecular flexibility index (Phi) is 10.3. The molecule has 0 aromatic carbocycles. The van der Waals surface area contributed by atoms with Crippen molar-refractivity contribution in [2.45, 2.75) is 84.7 Å². The predicted octanol–water partition coefficient (Wildman–Crippen LogP) is 6.07. The van der Waals surface area contributed by atoms with E-state index in [1.165, 1.54) is 6.42 Å². The van der Waals surface area contributed by atoms with Gasteiger partial charge in [-0.2, -0.15) is 0 Å². The van der Waals surface area contributed by atoms with Crippen LogP contribution in [0, 0.1) is 22.7 Å². The van der Waals surface area contributed by atoms with E-state index in [0.29, 0.717) is 23.5 Å². The van der Waals surface area contributed by atoms with Crippen molar-refractivity contribution in [3.63, 3.8) is 0 Å². The molecule has 1 saturated heterocycles. The first-order valence-corrected chi connectivity index (χ1v) is 12.8. The van der Waals surface area contributed by atoms with Crippen LogP contribution in [0.2, 0.25) is 0 Å². The van der Waals surface area contributed by atoms with Gasteiger partial charge in [-0.25, -0.2) is 14.4 Å². The van der Waals surface area contributed by atoms with E-state index in [1.54, 1.807) is 0 Å². The van der Waals surface area contributed by atoms with Gasteiger partial charge in [0.25, 0.3) is 0 Å². The lowest BCUT2D eigenvalue weighted by molar-refractivity contribution is -0.136. The largest absolute Gasteiger partial charge is 0.478 e. The lowest BCUT2D eigenvalue weighted by atomic mass is 9.65. The molecule has 0 aromatic rings. The van der Waals surface area contributed by atoms with Crippen molar-refractivity contribution in [1.29, 1.82) is 0 Å². The Hall–Kier alpha value is -2.67. The summed E-state index contributed by atoms with van der Waals surface area (Å²) in [7, 11) is 0. The smallest absolute Gasteiger partial charge is 0.338 e. The molecule has 1 heterocycles. The summed E-state index contributed by atoms with van der Waals surface area (Å²) in [5.41, 5.74) is 1.37. The summed E-state index contributed by atoms with van der Waals surface area (Å²) in [5.74, 6) is -0.413. The Labute approximate surface area is 214 Å². The third-order valence-electron chi connectivity index (χ3n) is 8.67. The molecular weight excluding hydrogens is 460 g/mol. The number of carboxylic acids is 2. The van der Waals surface area contributed by atoms with Crippen molar-refractivity contribution in [3.8, 4) is 0 Å². The standard InChI is InChI=1S/C13H18O3.C13H20O2.C3H4O2/c1-10(9-12-7-4-8-15-12)13(14)16-11-5-2-3-6-11;1-8(11(14)15)10-7-9-5-6-13(10,4)12(9,2)3;1-2-3(4)5/h5,12H,1-4,6-9H2;9-10H,1,5-7H2,2-4H3,(H,14,15);2H,1H2,(H,4,5)/t;9-,10?,13-;/m.1./s1. The number of carboxylic acid groups (broad SMARTS) is 2. The third kappa shape index (κ3) is 6.96. The molecule has 0 radical (unpaired) electrons. The summed E-state index contributed by atoms with van der Waals surface area (Å²) >= 11 is 0. The van der Waals surface area contributed by atoms with Gasteiger partial charge in [-0.05, 0) is 73.7 Å². The highest BCUT2D eigenvalue weighted by molar-refractivity contribution is 5.88. The number of hydrogen-bond donors (Lipinski definition) is 2. The average molecular weight is 503 g/mol. The fourth-order valence-corrected chi connectivity index (χ4v) is 5.97. The van der Waals surface area contributed by atoms with Crippen LogP contribution in [0.5, 0.6) is 0 Å². The quantitative estimate of drug-likeness (QED) is 0.321. The van der Waals surface area contributed by atoms with Crippen molar-refractivity contribution in [3.05, 3.63) is 48.8 Å². The number of rotatable bonds is 7. The van der Waals surface area contributed by atoms with Gasteiger partial charge in [0.05, 0.1) is 6.10 Å². The minimum atomic E-state index is -0.981. The third-order valence-corrected chi connectivity index (χ3v) is 8.67. The van der Waals surface area contributed by atoms with Gasteiger partial charge in [0.15, 0.2) is 0 Å². The molecule has 0 aromatic heterocycles. The van der Waals surface area contributed by atoms with Crippen molar-refractivity contribution >= 4 is 17.9 Å². The first kappa shape index (κ1) is 29.6. The monoisotopic (exact) mass is 502 g/mol. The molecule has 3 fully saturated rings. The van der Waals surface area contributed by atoms with Crippen LogP contribution in [-0.4, -0.2) is 40.8 Å². The summed E-state index contributed by atoms with van der Waals surface area (Å²) in [5, 5.41) is 16.7. The van der Waals surface area contributed by atoms with Crippen molar-refractivity contribution < 1.29 is 34.1 Å². The van der Waals surface area contributed by atoms with Crippen LogP contribution < -0.4 is 0 Å². The maximum atomic E-state index is 11.7. The maximum absolute atomic E-state index is 11.7. The fourth-order valence-electron chi connectivity index (χ4n) is 5.97. The van der Waals surface area contributed by atoms with Crippen LogP contribution in [-0.2, 0) is 23.9 Å². The molecule has 7 heteroatoms. The van der Waals surface area contributed by atoms with Gasteiger partial charge < -0.3 is 19.7 Å². The first-order chi connectivity index (χ1) is 16.8. The Morgan fingerprint density at radius 2 is 1.83 bits per heavy atom. The summed E-state index contributed by atoms with van der Waals surface area (Å²) < 4.78 is 10.7. The Bertz CT molecular complexity index is 907. The van der Waals surface area contributed by atoms with E-state index in [0.717, 1.165) is 63.4 Å². The van der Waals surface area contributed by atoms with E-state index < -0.39 is 11.9 Å². The average Bonchev–Trinajstić information content (AvgIpc) is 3.60. The molecule has 2 N–H and O–H groups in total. The van der Waals surface area contributed by atoms with Gasteiger partial charge >= 0.3 is 17.9 Å². The minimum absolute atomic E-state index is 0.146. The number of carbonyl (C=O) groups excluding carboxylic acids is 1. The summed E-state index contributed by atoms with van der Waals surface area (Å²) in [4.78, 5) is 31.9. The number of carbonyl (C=O) groups is 3. The second kappa shape index (κ2) is 12.5. The molecule has 3 aliphatic carbocycles. The molecule has 7 nitrogen and oxygen atoms in total. The number of fused-ring (bicyclic) bond motifs is 2. The summed E-state index contributed by atoms with van der Waals surface area (Å²) in [6.07, 6.45) is 12.1. The Morgan fingerprint density at radius 3 is 2.25 bits per heavy atom. The molecule has 36 heavy (non-hydrogen) atoms. The number of esters is 1. The van der Waals surface area contributed by atoms with Crippen molar-refractivity contribution in [1.82, 2.24) is 0 Å². The lowest BCUT2D eigenvalue weighted by Gasteiger charge is -2.39. The van der Waals surface area contributed by atoms with Crippen LogP contribution in [0.4, 0.5) is 0 Å². The second-order valence-corrected chi connectivity index (χ2v) is 10.9. The van der Waals surface area contributed by atoms with E-state index in [2.05, 4.69) is 40.5 Å². The number of hydrogen-bond acceptors (Lipinski definition) is 5. The van der Waals surface area contributed by atoms with Crippen LogP contribution in [0.25, 0.3) is 0 Å². The van der Waals surface area contributed by atoms with E-state index in [1.807, 2.05) is 6.08 Å². The van der Waals surface area contributed by atoms with Gasteiger partial charge in [-0.3, -0.25) is 0 Å². The Morgan fingerprint density at radius 1 is 1.17 bits per heavy atom. The molecule has 0 amide bonds. The van der Waals surface area contributed by atoms with E-state index in [4.69, 9.17) is 19.7 Å². The van der Waals surface area contributed by atoms with E-state index in [9.17, 15) is 14.4 Å².